The van der Waals surface area contributed by atoms with Gasteiger partial charge < -0.3 is 23.7 Å². The van der Waals surface area contributed by atoms with Crippen molar-refractivity contribution in [3.63, 3.8) is 0 Å². The predicted octanol–water partition coefficient (Wildman–Crippen LogP) is 0.692. The zero-order valence-corrected chi connectivity index (χ0v) is 14.8. The maximum Gasteiger partial charge on any atom is 0.333 e. The van der Waals surface area contributed by atoms with Crippen molar-refractivity contribution in [3.05, 3.63) is 12.2 Å². The SMILES string of the molecule is C=C(C)C(=O)OCCC[SiH2]C(OCCOC)OCCOC. The van der Waals surface area contributed by atoms with E-state index in [9.17, 15) is 4.79 Å². The fourth-order valence-corrected chi connectivity index (χ4v) is 2.93. The summed E-state index contributed by atoms with van der Waals surface area (Å²) >= 11 is 0. The Labute approximate surface area is 129 Å². The van der Waals surface area contributed by atoms with Gasteiger partial charge in [-0.2, -0.15) is 0 Å². The van der Waals surface area contributed by atoms with E-state index in [2.05, 4.69) is 6.58 Å². The van der Waals surface area contributed by atoms with Gasteiger partial charge in [-0.3, -0.25) is 0 Å². The highest BCUT2D eigenvalue weighted by Crippen LogP contribution is 2.01. The van der Waals surface area contributed by atoms with Gasteiger partial charge in [0.1, 0.15) is 5.91 Å². The van der Waals surface area contributed by atoms with Gasteiger partial charge in [0.05, 0.1) is 42.6 Å². The van der Waals surface area contributed by atoms with Crippen molar-refractivity contribution >= 4 is 15.5 Å². The van der Waals surface area contributed by atoms with E-state index < -0.39 is 9.52 Å². The first-order valence-electron chi connectivity index (χ1n) is 7.15. The quantitative estimate of drug-likeness (QED) is 0.154. The van der Waals surface area contributed by atoms with E-state index in [0.717, 1.165) is 12.5 Å². The van der Waals surface area contributed by atoms with Crippen LogP contribution in [0.4, 0.5) is 0 Å². The van der Waals surface area contributed by atoms with Crippen molar-refractivity contribution in [1.82, 2.24) is 0 Å². The predicted molar refractivity (Wildman–Crippen MR) is 83.2 cm³/mol. The number of carbonyl (C=O) groups excluding carboxylic acids is 1. The van der Waals surface area contributed by atoms with E-state index in [1.807, 2.05) is 0 Å². The minimum absolute atomic E-state index is 0.146. The number of hydrogen-bond acceptors (Lipinski definition) is 6. The average Bonchev–Trinajstić information content (AvgIpc) is 2.46. The number of rotatable bonds is 14. The zero-order chi connectivity index (χ0) is 15.9. The molecule has 0 N–H and O–H groups in total. The van der Waals surface area contributed by atoms with E-state index in [1.54, 1.807) is 21.1 Å². The molecule has 0 unspecified atom stereocenters. The molecule has 0 atom stereocenters. The molecule has 7 heteroatoms. The Hall–Kier alpha value is -0.733. The third-order valence-electron chi connectivity index (χ3n) is 2.60. The fourth-order valence-electron chi connectivity index (χ4n) is 1.44. The molecule has 0 aromatic heterocycles. The summed E-state index contributed by atoms with van der Waals surface area (Å²) < 4.78 is 26.2. The summed E-state index contributed by atoms with van der Waals surface area (Å²) in [4.78, 5) is 11.2. The van der Waals surface area contributed by atoms with Crippen LogP contribution in [0.1, 0.15) is 13.3 Å². The molecule has 0 aliphatic heterocycles. The lowest BCUT2D eigenvalue weighted by Gasteiger charge is -2.18. The van der Waals surface area contributed by atoms with Crippen LogP contribution in [0, 0.1) is 0 Å². The molecule has 0 aromatic rings. The first-order chi connectivity index (χ1) is 10.1. The highest BCUT2D eigenvalue weighted by Gasteiger charge is 2.10. The second-order valence-electron chi connectivity index (χ2n) is 4.57. The van der Waals surface area contributed by atoms with Crippen LogP contribution in [0.3, 0.4) is 0 Å². The van der Waals surface area contributed by atoms with Gasteiger partial charge in [0, 0.05) is 19.8 Å². The normalized spacial score (nSPS) is 11.4. The van der Waals surface area contributed by atoms with E-state index in [0.29, 0.717) is 38.6 Å². The topological polar surface area (TPSA) is 63.2 Å². The molecule has 6 nitrogen and oxygen atoms in total. The Balaban J connectivity index is 3.77. The van der Waals surface area contributed by atoms with Gasteiger partial charge in [-0.05, 0) is 13.3 Å². The van der Waals surface area contributed by atoms with E-state index in [-0.39, 0.29) is 11.9 Å². The van der Waals surface area contributed by atoms with Crippen molar-refractivity contribution in [2.75, 3.05) is 47.3 Å². The Morgan fingerprint density at radius 2 is 1.62 bits per heavy atom. The van der Waals surface area contributed by atoms with Crippen LogP contribution in [0.5, 0.6) is 0 Å². The van der Waals surface area contributed by atoms with Crippen LogP contribution < -0.4 is 0 Å². The molecule has 0 fully saturated rings. The van der Waals surface area contributed by atoms with Gasteiger partial charge in [0.25, 0.3) is 0 Å². The first-order valence-corrected chi connectivity index (χ1v) is 8.97. The fraction of sp³-hybridized carbons (Fsp3) is 0.786. The molecular weight excluding hydrogens is 292 g/mol. The number of methoxy groups -OCH3 is 2. The lowest BCUT2D eigenvalue weighted by Crippen LogP contribution is -2.27. The van der Waals surface area contributed by atoms with E-state index >= 15 is 0 Å². The van der Waals surface area contributed by atoms with Crippen LogP contribution in [-0.4, -0.2) is 68.7 Å². The molecule has 0 amide bonds. The molecule has 0 aliphatic rings. The first kappa shape index (κ1) is 20.3. The maximum atomic E-state index is 11.2. The molecule has 0 heterocycles. The highest BCUT2D eigenvalue weighted by molar-refractivity contribution is 6.36. The lowest BCUT2D eigenvalue weighted by atomic mass is 10.4. The van der Waals surface area contributed by atoms with Crippen LogP contribution in [-0.2, 0) is 28.5 Å². The second-order valence-corrected chi connectivity index (χ2v) is 6.52. The average molecular weight is 320 g/mol. The Kier molecular flexibility index (Phi) is 13.7. The molecule has 0 radical (unpaired) electrons. The van der Waals surface area contributed by atoms with Gasteiger partial charge in [-0.1, -0.05) is 12.6 Å². The largest absolute Gasteiger partial charge is 0.462 e. The van der Waals surface area contributed by atoms with Gasteiger partial charge in [0.2, 0.25) is 0 Å². The second kappa shape index (κ2) is 14.2. The highest BCUT2D eigenvalue weighted by atomic mass is 28.2. The molecular formula is C14H28O6Si. The summed E-state index contributed by atoms with van der Waals surface area (Å²) in [5.74, 6) is -0.479. The Morgan fingerprint density at radius 3 is 2.10 bits per heavy atom. The van der Waals surface area contributed by atoms with Gasteiger partial charge in [-0.25, -0.2) is 4.79 Å². The zero-order valence-electron chi connectivity index (χ0n) is 13.4. The van der Waals surface area contributed by atoms with E-state index in [1.165, 1.54) is 0 Å². The van der Waals surface area contributed by atoms with Crippen molar-refractivity contribution in [3.8, 4) is 0 Å². The third-order valence-corrected chi connectivity index (χ3v) is 4.45. The monoisotopic (exact) mass is 320 g/mol. The van der Waals surface area contributed by atoms with Crippen LogP contribution >= 0.6 is 0 Å². The van der Waals surface area contributed by atoms with Crippen molar-refractivity contribution in [2.24, 2.45) is 0 Å². The van der Waals surface area contributed by atoms with Crippen LogP contribution in [0.2, 0.25) is 6.04 Å². The molecule has 21 heavy (non-hydrogen) atoms. The third kappa shape index (κ3) is 12.7. The van der Waals surface area contributed by atoms with Crippen LogP contribution in [0.25, 0.3) is 0 Å². The summed E-state index contributed by atoms with van der Waals surface area (Å²) in [5, 5.41) is 0. The molecule has 0 spiro atoms. The lowest BCUT2D eigenvalue weighted by molar-refractivity contribution is -0.138. The number of esters is 1. The molecule has 0 rings (SSSR count). The summed E-state index contributed by atoms with van der Waals surface area (Å²) in [7, 11) is 2.71. The Morgan fingerprint density at radius 1 is 1.05 bits per heavy atom. The molecule has 0 aromatic carbocycles. The van der Waals surface area contributed by atoms with Gasteiger partial charge in [-0.15, -0.1) is 0 Å². The van der Waals surface area contributed by atoms with Crippen molar-refractivity contribution in [2.45, 2.75) is 25.3 Å². The summed E-state index contributed by atoms with van der Waals surface area (Å²) in [6, 6.07) is 0.980. The molecule has 124 valence electrons. The van der Waals surface area contributed by atoms with Gasteiger partial charge >= 0.3 is 5.97 Å². The van der Waals surface area contributed by atoms with E-state index in [4.69, 9.17) is 23.7 Å². The van der Waals surface area contributed by atoms with Gasteiger partial charge in [0.15, 0.2) is 0 Å². The maximum absolute atomic E-state index is 11.2. The minimum atomic E-state index is -0.564. The molecule has 0 saturated heterocycles. The standard InChI is InChI=1S/C14H28O6Si/c1-12(2)13(15)18-6-5-11-21-14(19-9-7-16-3)20-10-8-17-4/h14H,1,5-11,21H2,2-4H3. The Bertz CT molecular complexity index is 275. The number of carbonyl (C=O) groups is 1. The number of ether oxygens (including phenoxy) is 5. The summed E-state index contributed by atoms with van der Waals surface area (Å²) in [6.07, 6.45) is 0.822. The molecule has 0 saturated carbocycles. The smallest absolute Gasteiger partial charge is 0.333 e. The molecule has 0 aliphatic carbocycles. The summed E-state index contributed by atoms with van der Waals surface area (Å²) in [5.41, 5.74) is 0.427. The number of hydrogen-bond donors (Lipinski definition) is 0. The molecule has 0 bridgehead atoms. The van der Waals surface area contributed by atoms with Crippen LogP contribution in [0.15, 0.2) is 12.2 Å². The van der Waals surface area contributed by atoms with Crippen molar-refractivity contribution < 1.29 is 28.5 Å². The minimum Gasteiger partial charge on any atom is -0.462 e. The van der Waals surface area contributed by atoms with Crippen molar-refractivity contribution in [1.29, 1.82) is 0 Å². The summed E-state index contributed by atoms with van der Waals surface area (Å²) in [6.45, 7) is 7.73.